The van der Waals surface area contributed by atoms with Crippen molar-refractivity contribution in [3.05, 3.63) is 39.9 Å². The largest absolute Gasteiger partial charge is 0.311 e. The van der Waals surface area contributed by atoms with Gasteiger partial charge in [-0.1, -0.05) is 12.1 Å². The maximum Gasteiger partial charge on any atom is 0.269 e. The lowest BCUT2D eigenvalue weighted by Gasteiger charge is -2.19. The topological polar surface area (TPSA) is 58.4 Å². The van der Waals surface area contributed by atoms with Crippen LogP contribution in [-0.4, -0.2) is 36.0 Å². The molecule has 1 saturated heterocycles. The first-order valence-corrected chi connectivity index (χ1v) is 6.31. The zero-order valence-corrected chi connectivity index (χ0v) is 10.6. The number of nitro benzene ring substituents is 1. The molecule has 0 amide bonds. The number of hydrogen-bond acceptors (Lipinski definition) is 4. The van der Waals surface area contributed by atoms with Gasteiger partial charge in [-0.05, 0) is 32.0 Å². The Morgan fingerprint density at radius 3 is 3.06 bits per heavy atom. The fourth-order valence-electron chi connectivity index (χ4n) is 2.40. The van der Waals surface area contributed by atoms with Crippen LogP contribution in [0.2, 0.25) is 0 Å². The van der Waals surface area contributed by atoms with Crippen molar-refractivity contribution in [2.24, 2.45) is 0 Å². The van der Waals surface area contributed by atoms with Gasteiger partial charge in [-0.3, -0.25) is 10.1 Å². The first-order chi connectivity index (χ1) is 8.66. The quantitative estimate of drug-likeness (QED) is 0.638. The van der Waals surface area contributed by atoms with Crippen molar-refractivity contribution in [2.75, 3.05) is 20.1 Å². The maximum atomic E-state index is 10.7. The molecule has 5 nitrogen and oxygen atoms in total. The average Bonchev–Trinajstić information content (AvgIpc) is 2.76. The SMILES string of the molecule is CN1CCCC1CNCc1cccc([N+](=O)[O-])c1. The Morgan fingerprint density at radius 1 is 1.56 bits per heavy atom. The predicted octanol–water partition coefficient (Wildman–Crippen LogP) is 1.78. The van der Waals surface area contributed by atoms with Crippen molar-refractivity contribution < 1.29 is 4.92 Å². The number of non-ortho nitro benzene ring substituents is 1. The summed E-state index contributed by atoms with van der Waals surface area (Å²) >= 11 is 0. The van der Waals surface area contributed by atoms with Crippen LogP contribution in [0.15, 0.2) is 24.3 Å². The van der Waals surface area contributed by atoms with Crippen molar-refractivity contribution >= 4 is 5.69 Å². The molecule has 1 N–H and O–H groups in total. The Labute approximate surface area is 107 Å². The Hall–Kier alpha value is -1.46. The van der Waals surface area contributed by atoms with Gasteiger partial charge in [0, 0.05) is 31.3 Å². The van der Waals surface area contributed by atoms with E-state index in [1.807, 2.05) is 6.07 Å². The maximum absolute atomic E-state index is 10.7. The lowest BCUT2D eigenvalue weighted by molar-refractivity contribution is -0.384. The minimum Gasteiger partial charge on any atom is -0.311 e. The van der Waals surface area contributed by atoms with Gasteiger partial charge in [-0.25, -0.2) is 0 Å². The van der Waals surface area contributed by atoms with Gasteiger partial charge in [-0.2, -0.15) is 0 Å². The highest BCUT2D eigenvalue weighted by Gasteiger charge is 2.19. The third kappa shape index (κ3) is 3.27. The third-order valence-corrected chi connectivity index (χ3v) is 3.50. The highest BCUT2D eigenvalue weighted by molar-refractivity contribution is 5.34. The van der Waals surface area contributed by atoms with Crippen LogP contribution in [0.5, 0.6) is 0 Å². The van der Waals surface area contributed by atoms with Gasteiger partial charge >= 0.3 is 0 Å². The van der Waals surface area contributed by atoms with E-state index in [1.165, 1.54) is 25.5 Å². The van der Waals surface area contributed by atoms with Crippen LogP contribution in [0.4, 0.5) is 5.69 Å². The van der Waals surface area contributed by atoms with Crippen LogP contribution >= 0.6 is 0 Å². The van der Waals surface area contributed by atoms with Crippen LogP contribution in [0.25, 0.3) is 0 Å². The van der Waals surface area contributed by atoms with Crippen molar-refractivity contribution in [3.8, 4) is 0 Å². The Kier molecular flexibility index (Phi) is 4.28. The second-order valence-corrected chi connectivity index (χ2v) is 4.83. The number of benzene rings is 1. The molecule has 0 aromatic heterocycles. The lowest BCUT2D eigenvalue weighted by Crippen LogP contribution is -2.35. The number of hydrogen-bond donors (Lipinski definition) is 1. The van der Waals surface area contributed by atoms with Crippen LogP contribution < -0.4 is 5.32 Å². The molecule has 1 aliphatic rings. The molecule has 2 rings (SSSR count). The molecule has 1 aromatic carbocycles. The van der Waals surface area contributed by atoms with Crippen molar-refractivity contribution in [1.29, 1.82) is 0 Å². The smallest absolute Gasteiger partial charge is 0.269 e. The monoisotopic (exact) mass is 249 g/mol. The standard InChI is InChI=1S/C13H19N3O2/c1-15-7-3-6-13(15)10-14-9-11-4-2-5-12(8-11)16(17)18/h2,4-5,8,13-14H,3,6-7,9-10H2,1H3. The zero-order valence-electron chi connectivity index (χ0n) is 10.6. The molecule has 5 heteroatoms. The van der Waals surface area contributed by atoms with Crippen LogP contribution in [0.1, 0.15) is 18.4 Å². The summed E-state index contributed by atoms with van der Waals surface area (Å²) in [6.45, 7) is 2.80. The van der Waals surface area contributed by atoms with E-state index in [0.717, 1.165) is 12.1 Å². The summed E-state index contributed by atoms with van der Waals surface area (Å²) in [5, 5.41) is 14.0. The van der Waals surface area contributed by atoms with Gasteiger partial charge in [0.1, 0.15) is 0 Å². The van der Waals surface area contributed by atoms with Crippen molar-refractivity contribution in [3.63, 3.8) is 0 Å². The molecule has 0 bridgehead atoms. The number of nitrogens with zero attached hydrogens (tertiary/aromatic N) is 2. The Bertz CT molecular complexity index is 422. The molecule has 98 valence electrons. The van der Waals surface area contributed by atoms with Gasteiger partial charge in [0.2, 0.25) is 0 Å². The summed E-state index contributed by atoms with van der Waals surface area (Å²) in [7, 11) is 2.15. The van der Waals surface area contributed by atoms with Gasteiger partial charge in [0.05, 0.1) is 4.92 Å². The number of likely N-dealkylation sites (N-methyl/N-ethyl adjacent to an activating group) is 1. The first kappa shape index (κ1) is 13.0. The summed E-state index contributed by atoms with van der Waals surface area (Å²) in [5.41, 5.74) is 1.12. The first-order valence-electron chi connectivity index (χ1n) is 6.31. The molecule has 0 spiro atoms. The van der Waals surface area contributed by atoms with E-state index in [4.69, 9.17) is 0 Å². The Morgan fingerprint density at radius 2 is 2.39 bits per heavy atom. The molecule has 0 aliphatic carbocycles. The number of rotatable bonds is 5. The number of nitro groups is 1. The van der Waals surface area contributed by atoms with Gasteiger partial charge in [-0.15, -0.1) is 0 Å². The highest BCUT2D eigenvalue weighted by atomic mass is 16.6. The summed E-state index contributed by atoms with van der Waals surface area (Å²) < 4.78 is 0. The molecule has 1 unspecified atom stereocenters. The van der Waals surface area contributed by atoms with E-state index in [1.54, 1.807) is 12.1 Å². The molecule has 1 aromatic rings. The normalized spacial score (nSPS) is 20.2. The zero-order chi connectivity index (χ0) is 13.0. The van der Waals surface area contributed by atoms with Gasteiger partial charge < -0.3 is 10.2 Å². The van der Waals surface area contributed by atoms with E-state index in [9.17, 15) is 10.1 Å². The number of nitrogens with one attached hydrogen (secondary N) is 1. The summed E-state index contributed by atoms with van der Waals surface area (Å²) in [5.74, 6) is 0. The second kappa shape index (κ2) is 5.93. The van der Waals surface area contributed by atoms with E-state index in [0.29, 0.717) is 12.6 Å². The van der Waals surface area contributed by atoms with Gasteiger partial charge in [0.15, 0.2) is 0 Å². The van der Waals surface area contributed by atoms with Crippen molar-refractivity contribution in [1.82, 2.24) is 10.2 Å². The molecule has 1 heterocycles. The molecule has 0 radical (unpaired) electrons. The summed E-state index contributed by atoms with van der Waals surface area (Å²) in [4.78, 5) is 12.7. The second-order valence-electron chi connectivity index (χ2n) is 4.83. The third-order valence-electron chi connectivity index (χ3n) is 3.50. The minimum atomic E-state index is -0.353. The molecular weight excluding hydrogens is 230 g/mol. The molecular formula is C13H19N3O2. The van der Waals surface area contributed by atoms with Crippen molar-refractivity contribution in [2.45, 2.75) is 25.4 Å². The molecule has 1 fully saturated rings. The lowest BCUT2D eigenvalue weighted by atomic mass is 10.2. The molecule has 1 aliphatic heterocycles. The fourth-order valence-corrected chi connectivity index (χ4v) is 2.40. The average molecular weight is 249 g/mol. The minimum absolute atomic E-state index is 0.160. The van der Waals surface area contributed by atoms with E-state index >= 15 is 0 Å². The molecule has 0 saturated carbocycles. The van der Waals surface area contributed by atoms with E-state index in [-0.39, 0.29) is 10.6 Å². The van der Waals surface area contributed by atoms with E-state index < -0.39 is 0 Å². The van der Waals surface area contributed by atoms with Crippen LogP contribution in [0.3, 0.4) is 0 Å². The summed E-state index contributed by atoms with van der Waals surface area (Å²) in [6, 6.07) is 7.40. The van der Waals surface area contributed by atoms with Crippen LogP contribution in [0, 0.1) is 10.1 Å². The van der Waals surface area contributed by atoms with E-state index in [2.05, 4.69) is 17.3 Å². The molecule has 18 heavy (non-hydrogen) atoms. The number of likely N-dealkylation sites (tertiary alicyclic amines) is 1. The molecule has 1 atom stereocenters. The van der Waals surface area contributed by atoms with Crippen LogP contribution in [-0.2, 0) is 6.54 Å². The highest BCUT2D eigenvalue weighted by Crippen LogP contribution is 2.15. The summed E-state index contributed by atoms with van der Waals surface area (Å²) in [6.07, 6.45) is 2.50. The predicted molar refractivity (Wildman–Crippen MR) is 70.5 cm³/mol. The fraction of sp³-hybridized carbons (Fsp3) is 0.538. The Balaban J connectivity index is 1.83. The van der Waals surface area contributed by atoms with Gasteiger partial charge in [0.25, 0.3) is 5.69 Å².